The second-order valence-electron chi connectivity index (χ2n) is 5.69. The summed E-state index contributed by atoms with van der Waals surface area (Å²) < 4.78 is 42.4. The molecule has 1 amide bonds. The largest absolute Gasteiger partial charge is 0.451 e. The zero-order chi connectivity index (χ0) is 19.6. The number of anilines is 1. The van der Waals surface area contributed by atoms with E-state index in [9.17, 15) is 22.4 Å². The zero-order valence-electron chi connectivity index (χ0n) is 14.1. The van der Waals surface area contributed by atoms with Crippen molar-refractivity contribution < 1.29 is 27.1 Å². The summed E-state index contributed by atoms with van der Waals surface area (Å²) in [6.45, 7) is -0.584. The van der Waals surface area contributed by atoms with Crippen LogP contribution in [0.2, 0.25) is 0 Å². The summed E-state index contributed by atoms with van der Waals surface area (Å²) in [6, 6.07) is 11.6. The van der Waals surface area contributed by atoms with Gasteiger partial charge in [-0.1, -0.05) is 12.1 Å². The lowest BCUT2D eigenvalue weighted by Crippen LogP contribution is -2.21. The van der Waals surface area contributed by atoms with Crippen molar-refractivity contribution in [3.8, 4) is 0 Å². The number of sulfone groups is 1. The molecule has 2 aromatic carbocycles. The Morgan fingerprint density at radius 1 is 1.15 bits per heavy atom. The molecule has 27 heavy (non-hydrogen) atoms. The Bertz CT molecular complexity index is 1140. The average Bonchev–Trinajstić information content (AvgIpc) is 3.02. The van der Waals surface area contributed by atoms with Crippen molar-refractivity contribution in [3.05, 3.63) is 59.2 Å². The SMILES string of the molecule is CS(=O)(=O)c1ccccc1NC(=O)COC(=O)c1cc2cc(F)ccc2s1. The summed E-state index contributed by atoms with van der Waals surface area (Å²) in [5, 5.41) is 2.98. The van der Waals surface area contributed by atoms with Gasteiger partial charge in [0.05, 0.1) is 10.6 Å². The van der Waals surface area contributed by atoms with Crippen LogP contribution in [0.5, 0.6) is 0 Å². The molecule has 0 saturated heterocycles. The predicted molar refractivity (Wildman–Crippen MR) is 100 cm³/mol. The van der Waals surface area contributed by atoms with Gasteiger partial charge in [-0.15, -0.1) is 11.3 Å². The van der Waals surface area contributed by atoms with Crippen LogP contribution in [-0.4, -0.2) is 33.2 Å². The number of carbonyl (C=O) groups excluding carboxylic acids is 2. The van der Waals surface area contributed by atoms with E-state index in [1.165, 1.54) is 36.4 Å². The van der Waals surface area contributed by atoms with Crippen LogP contribution in [0.3, 0.4) is 0 Å². The zero-order valence-corrected chi connectivity index (χ0v) is 15.7. The number of nitrogens with one attached hydrogen (secondary N) is 1. The minimum Gasteiger partial charge on any atom is -0.451 e. The van der Waals surface area contributed by atoms with Crippen molar-refractivity contribution >= 4 is 48.8 Å². The molecular formula is C18H14FNO5S2. The van der Waals surface area contributed by atoms with Crippen molar-refractivity contribution in [2.75, 3.05) is 18.2 Å². The second kappa shape index (κ2) is 7.45. The number of ether oxygens (including phenoxy) is 1. The number of thiophene rings is 1. The van der Waals surface area contributed by atoms with Crippen molar-refractivity contribution in [3.63, 3.8) is 0 Å². The van der Waals surface area contributed by atoms with E-state index in [0.29, 0.717) is 5.39 Å². The number of benzene rings is 2. The molecular weight excluding hydrogens is 393 g/mol. The standard InChI is InChI=1S/C18H14FNO5S2/c1-27(23,24)16-5-3-2-4-13(16)20-17(21)10-25-18(22)15-9-11-8-12(19)6-7-14(11)26-15/h2-9H,10H2,1H3,(H,20,21). The first-order chi connectivity index (χ1) is 12.7. The van der Waals surface area contributed by atoms with Crippen LogP contribution in [0.4, 0.5) is 10.1 Å². The van der Waals surface area contributed by atoms with Gasteiger partial charge in [0.2, 0.25) is 0 Å². The van der Waals surface area contributed by atoms with E-state index < -0.39 is 34.1 Å². The summed E-state index contributed by atoms with van der Waals surface area (Å²) in [5.74, 6) is -1.81. The fraction of sp³-hybridized carbons (Fsp3) is 0.111. The molecule has 0 aliphatic heterocycles. The third-order valence-corrected chi connectivity index (χ3v) is 5.83. The highest BCUT2D eigenvalue weighted by atomic mass is 32.2. The first kappa shape index (κ1) is 19.0. The van der Waals surface area contributed by atoms with Gasteiger partial charge in [0.1, 0.15) is 10.7 Å². The molecule has 0 saturated carbocycles. The average molecular weight is 407 g/mol. The maximum absolute atomic E-state index is 13.2. The van der Waals surface area contributed by atoms with Gasteiger partial charge in [-0.25, -0.2) is 17.6 Å². The number of amides is 1. The van der Waals surface area contributed by atoms with Crippen LogP contribution in [0.15, 0.2) is 53.4 Å². The minimum absolute atomic E-state index is 0.0313. The molecule has 140 valence electrons. The fourth-order valence-electron chi connectivity index (χ4n) is 2.40. The molecule has 0 atom stereocenters. The van der Waals surface area contributed by atoms with Crippen LogP contribution in [0.1, 0.15) is 9.67 Å². The highest BCUT2D eigenvalue weighted by Gasteiger charge is 2.17. The summed E-state index contributed by atoms with van der Waals surface area (Å²) in [4.78, 5) is 24.3. The second-order valence-corrected chi connectivity index (χ2v) is 8.75. The van der Waals surface area contributed by atoms with Crippen molar-refractivity contribution in [1.82, 2.24) is 0 Å². The highest BCUT2D eigenvalue weighted by Crippen LogP contribution is 2.27. The van der Waals surface area contributed by atoms with Crippen LogP contribution >= 0.6 is 11.3 Å². The minimum atomic E-state index is -3.52. The first-order valence-corrected chi connectivity index (χ1v) is 10.4. The number of rotatable bonds is 5. The molecule has 0 radical (unpaired) electrons. The maximum atomic E-state index is 13.2. The van der Waals surface area contributed by atoms with E-state index in [2.05, 4.69) is 5.32 Å². The van der Waals surface area contributed by atoms with Gasteiger partial charge in [-0.05, 0) is 41.8 Å². The molecule has 1 aromatic heterocycles. The monoisotopic (exact) mass is 407 g/mol. The van der Waals surface area contributed by atoms with E-state index in [-0.39, 0.29) is 15.5 Å². The Hall–Kier alpha value is -2.78. The summed E-state index contributed by atoms with van der Waals surface area (Å²) in [6.07, 6.45) is 1.03. The normalized spacial score (nSPS) is 11.3. The molecule has 0 aliphatic rings. The van der Waals surface area contributed by atoms with Crippen molar-refractivity contribution in [2.45, 2.75) is 4.90 Å². The van der Waals surface area contributed by atoms with E-state index in [1.807, 2.05) is 0 Å². The van der Waals surface area contributed by atoms with Crippen LogP contribution in [0, 0.1) is 5.82 Å². The Kier molecular flexibility index (Phi) is 5.24. The molecule has 1 heterocycles. The number of esters is 1. The van der Waals surface area contributed by atoms with E-state index in [1.54, 1.807) is 12.1 Å². The van der Waals surface area contributed by atoms with Gasteiger partial charge in [0.25, 0.3) is 5.91 Å². The smallest absolute Gasteiger partial charge is 0.348 e. The fourth-order valence-corrected chi connectivity index (χ4v) is 4.18. The van der Waals surface area contributed by atoms with E-state index >= 15 is 0 Å². The summed E-state index contributed by atoms with van der Waals surface area (Å²) in [5.41, 5.74) is 0.110. The third-order valence-electron chi connectivity index (χ3n) is 3.57. The Morgan fingerprint density at radius 3 is 2.63 bits per heavy atom. The number of fused-ring (bicyclic) bond motifs is 1. The highest BCUT2D eigenvalue weighted by molar-refractivity contribution is 7.90. The van der Waals surface area contributed by atoms with Gasteiger partial charge in [0, 0.05) is 11.0 Å². The Morgan fingerprint density at radius 2 is 1.89 bits per heavy atom. The first-order valence-electron chi connectivity index (χ1n) is 7.69. The van der Waals surface area contributed by atoms with Crippen molar-refractivity contribution in [1.29, 1.82) is 0 Å². The lowest BCUT2D eigenvalue weighted by molar-refractivity contribution is -0.119. The number of hydrogen-bond donors (Lipinski definition) is 1. The molecule has 0 fully saturated rings. The Balaban J connectivity index is 1.66. The summed E-state index contributed by atoms with van der Waals surface area (Å²) >= 11 is 1.12. The Labute approximate surface area is 158 Å². The van der Waals surface area contributed by atoms with E-state index in [0.717, 1.165) is 22.3 Å². The van der Waals surface area contributed by atoms with Gasteiger partial charge < -0.3 is 10.1 Å². The lowest BCUT2D eigenvalue weighted by atomic mass is 10.2. The molecule has 3 rings (SSSR count). The number of hydrogen-bond acceptors (Lipinski definition) is 6. The number of carbonyl (C=O) groups is 2. The lowest BCUT2D eigenvalue weighted by Gasteiger charge is -2.09. The predicted octanol–water partition coefficient (Wildman–Crippen LogP) is 3.24. The number of para-hydroxylation sites is 1. The molecule has 1 N–H and O–H groups in total. The molecule has 9 heteroatoms. The van der Waals surface area contributed by atoms with Gasteiger partial charge in [0.15, 0.2) is 16.4 Å². The summed E-state index contributed by atoms with van der Waals surface area (Å²) in [7, 11) is -3.52. The number of halogens is 1. The third kappa shape index (κ3) is 4.50. The molecule has 3 aromatic rings. The van der Waals surface area contributed by atoms with Crippen molar-refractivity contribution in [2.24, 2.45) is 0 Å². The van der Waals surface area contributed by atoms with Gasteiger partial charge in [-0.2, -0.15) is 0 Å². The van der Waals surface area contributed by atoms with Crippen LogP contribution in [-0.2, 0) is 19.4 Å². The molecule has 0 aliphatic carbocycles. The van der Waals surface area contributed by atoms with Crippen LogP contribution in [0.25, 0.3) is 10.1 Å². The van der Waals surface area contributed by atoms with Gasteiger partial charge in [-0.3, -0.25) is 4.79 Å². The molecule has 0 unspecified atom stereocenters. The molecule has 0 spiro atoms. The quantitative estimate of drug-likeness (QED) is 0.656. The molecule has 0 bridgehead atoms. The molecule has 6 nitrogen and oxygen atoms in total. The van der Waals surface area contributed by atoms with Crippen LogP contribution < -0.4 is 5.32 Å². The van der Waals surface area contributed by atoms with E-state index in [4.69, 9.17) is 4.74 Å². The van der Waals surface area contributed by atoms with Gasteiger partial charge >= 0.3 is 5.97 Å². The maximum Gasteiger partial charge on any atom is 0.348 e. The topological polar surface area (TPSA) is 89.5 Å².